The van der Waals surface area contributed by atoms with Crippen LogP contribution in [0.5, 0.6) is 0 Å². The predicted octanol–water partition coefficient (Wildman–Crippen LogP) is 2.55. The van der Waals surface area contributed by atoms with Gasteiger partial charge in [-0.2, -0.15) is 0 Å². The first-order chi connectivity index (χ1) is 6.10. The van der Waals surface area contributed by atoms with Crippen molar-refractivity contribution in [3.8, 4) is 0 Å². The third-order valence-corrected chi connectivity index (χ3v) is 1.42. The molecule has 72 valence electrons. The molecule has 1 N–H and O–H groups in total. The van der Waals surface area contributed by atoms with E-state index in [1.807, 2.05) is 39.0 Å². The molecule has 0 radical (unpaired) electrons. The third-order valence-electron chi connectivity index (χ3n) is 1.42. The molecule has 13 heavy (non-hydrogen) atoms. The molecule has 0 fully saturated rings. The molecule has 0 saturated heterocycles. The number of carbonyl (C=O) groups is 1. The van der Waals surface area contributed by atoms with Crippen LogP contribution in [-0.4, -0.2) is 5.78 Å². The maximum absolute atomic E-state index is 10.7. The minimum Gasteiger partial charge on any atom is -0.359 e. The van der Waals surface area contributed by atoms with Crippen LogP contribution in [0.3, 0.4) is 0 Å². The van der Waals surface area contributed by atoms with E-state index in [9.17, 15) is 4.79 Å². The van der Waals surface area contributed by atoms with Crippen molar-refractivity contribution >= 4 is 5.78 Å². The molecule has 0 saturated carbocycles. The number of hydrogen-bond donors (Lipinski definition) is 1. The van der Waals surface area contributed by atoms with Gasteiger partial charge in [0.15, 0.2) is 5.78 Å². The second-order valence-electron chi connectivity index (χ2n) is 2.81. The van der Waals surface area contributed by atoms with Gasteiger partial charge in [-0.1, -0.05) is 12.2 Å². The summed E-state index contributed by atoms with van der Waals surface area (Å²) in [5, 5.41) is 3.11. The van der Waals surface area contributed by atoms with Gasteiger partial charge in [0.2, 0.25) is 0 Å². The molecule has 0 amide bonds. The van der Waals surface area contributed by atoms with E-state index >= 15 is 0 Å². The Balaban J connectivity index is 4.34. The van der Waals surface area contributed by atoms with Crippen molar-refractivity contribution in [2.75, 3.05) is 0 Å². The van der Waals surface area contributed by atoms with Gasteiger partial charge < -0.3 is 5.32 Å². The van der Waals surface area contributed by atoms with Gasteiger partial charge in [0.1, 0.15) is 0 Å². The van der Waals surface area contributed by atoms with E-state index in [1.165, 1.54) is 6.92 Å². The number of nitrogens with one attached hydrogen (secondary N) is 1. The Bertz CT molecular complexity index is 259. The maximum atomic E-state index is 10.7. The van der Waals surface area contributed by atoms with Crippen molar-refractivity contribution in [3.05, 3.63) is 35.7 Å². The van der Waals surface area contributed by atoms with Crippen LogP contribution in [0.2, 0.25) is 0 Å². The van der Waals surface area contributed by atoms with Crippen LogP contribution < -0.4 is 5.32 Å². The summed E-state index contributed by atoms with van der Waals surface area (Å²) < 4.78 is 0. The van der Waals surface area contributed by atoms with Crippen LogP contribution in [0, 0.1) is 0 Å². The molecule has 2 heteroatoms. The number of rotatable bonds is 4. The van der Waals surface area contributed by atoms with Gasteiger partial charge in [-0.3, -0.25) is 4.79 Å². The Labute approximate surface area is 80.0 Å². The molecule has 0 aliphatic carbocycles. The van der Waals surface area contributed by atoms with E-state index in [1.54, 1.807) is 6.08 Å². The van der Waals surface area contributed by atoms with Crippen LogP contribution in [0.25, 0.3) is 0 Å². The number of ketones is 1. The van der Waals surface area contributed by atoms with Crippen LogP contribution in [-0.2, 0) is 4.79 Å². The van der Waals surface area contributed by atoms with Gasteiger partial charge in [-0.15, -0.1) is 0 Å². The topological polar surface area (TPSA) is 29.1 Å². The van der Waals surface area contributed by atoms with Crippen LogP contribution in [0.4, 0.5) is 0 Å². The molecular formula is C11H17NO. The van der Waals surface area contributed by atoms with Crippen molar-refractivity contribution in [1.29, 1.82) is 0 Å². The minimum absolute atomic E-state index is 0.0564. The summed E-state index contributed by atoms with van der Waals surface area (Å²) in [6, 6.07) is 0. The SMILES string of the molecule is C/C=C\C(=C/C)N/C(C)=C\C(C)=O. The zero-order valence-corrected chi connectivity index (χ0v) is 8.72. The molecule has 0 aromatic rings. The quantitative estimate of drug-likeness (QED) is 0.531. The Hall–Kier alpha value is -1.31. The molecular weight excluding hydrogens is 162 g/mol. The summed E-state index contributed by atoms with van der Waals surface area (Å²) in [6.45, 7) is 7.31. The lowest BCUT2D eigenvalue weighted by molar-refractivity contribution is -0.112. The maximum Gasteiger partial charge on any atom is 0.154 e. The molecule has 0 bridgehead atoms. The summed E-state index contributed by atoms with van der Waals surface area (Å²) in [6.07, 6.45) is 7.44. The third kappa shape index (κ3) is 5.91. The lowest BCUT2D eigenvalue weighted by Gasteiger charge is -2.05. The van der Waals surface area contributed by atoms with Crippen molar-refractivity contribution in [2.24, 2.45) is 0 Å². The van der Waals surface area contributed by atoms with E-state index in [4.69, 9.17) is 0 Å². The summed E-state index contributed by atoms with van der Waals surface area (Å²) in [5.74, 6) is 0.0564. The van der Waals surface area contributed by atoms with Gasteiger partial charge in [-0.25, -0.2) is 0 Å². The van der Waals surface area contributed by atoms with E-state index in [-0.39, 0.29) is 5.78 Å². The van der Waals surface area contributed by atoms with Gasteiger partial charge in [0.25, 0.3) is 0 Å². The van der Waals surface area contributed by atoms with Gasteiger partial charge in [-0.05, 0) is 39.8 Å². The molecule has 0 atom stereocenters. The highest BCUT2D eigenvalue weighted by Gasteiger charge is 1.92. The standard InChI is InChI=1S/C11H17NO/c1-5-7-11(6-2)12-9(3)8-10(4)13/h5-8,12H,1-4H3/b7-5-,9-8-,11-6+. The molecule has 2 nitrogen and oxygen atoms in total. The van der Waals surface area contributed by atoms with Gasteiger partial charge >= 0.3 is 0 Å². The number of hydrogen-bond acceptors (Lipinski definition) is 2. The van der Waals surface area contributed by atoms with Crippen LogP contribution in [0.1, 0.15) is 27.7 Å². The summed E-state index contributed by atoms with van der Waals surface area (Å²) in [5.41, 5.74) is 1.86. The molecule has 0 aromatic heterocycles. The van der Waals surface area contributed by atoms with Crippen molar-refractivity contribution < 1.29 is 4.79 Å². The number of allylic oxidation sites excluding steroid dienone is 5. The van der Waals surface area contributed by atoms with E-state index in [0.717, 1.165) is 11.4 Å². The lowest BCUT2D eigenvalue weighted by Crippen LogP contribution is -2.09. The molecule has 0 unspecified atom stereocenters. The monoisotopic (exact) mass is 179 g/mol. The van der Waals surface area contributed by atoms with E-state index in [2.05, 4.69) is 5.32 Å². The summed E-state index contributed by atoms with van der Waals surface area (Å²) >= 11 is 0. The first kappa shape index (κ1) is 11.7. The summed E-state index contributed by atoms with van der Waals surface area (Å²) in [7, 11) is 0. The van der Waals surface area contributed by atoms with Crippen molar-refractivity contribution in [1.82, 2.24) is 5.32 Å². The molecule has 0 spiro atoms. The number of carbonyl (C=O) groups excluding carboxylic acids is 1. The Morgan fingerprint density at radius 2 is 1.85 bits per heavy atom. The van der Waals surface area contributed by atoms with Crippen molar-refractivity contribution in [3.63, 3.8) is 0 Å². The molecule has 0 aromatic carbocycles. The lowest BCUT2D eigenvalue weighted by atomic mass is 10.3. The van der Waals surface area contributed by atoms with Gasteiger partial charge in [0, 0.05) is 11.4 Å². The first-order valence-electron chi connectivity index (χ1n) is 4.35. The predicted molar refractivity (Wildman–Crippen MR) is 56.1 cm³/mol. The zero-order chi connectivity index (χ0) is 10.3. The average Bonchev–Trinajstić information content (AvgIpc) is 2.02. The van der Waals surface area contributed by atoms with Gasteiger partial charge in [0.05, 0.1) is 0 Å². The molecule has 0 rings (SSSR count). The minimum atomic E-state index is 0.0564. The summed E-state index contributed by atoms with van der Waals surface area (Å²) in [4.78, 5) is 10.7. The van der Waals surface area contributed by atoms with E-state index < -0.39 is 0 Å². The normalized spacial score (nSPS) is 13.5. The smallest absolute Gasteiger partial charge is 0.154 e. The molecule has 0 heterocycles. The average molecular weight is 179 g/mol. The second kappa shape index (κ2) is 6.23. The Morgan fingerprint density at radius 1 is 1.23 bits per heavy atom. The fraction of sp³-hybridized carbons (Fsp3) is 0.364. The molecule has 0 aliphatic rings. The Morgan fingerprint density at radius 3 is 2.23 bits per heavy atom. The zero-order valence-electron chi connectivity index (χ0n) is 8.72. The largest absolute Gasteiger partial charge is 0.359 e. The van der Waals surface area contributed by atoms with E-state index in [0.29, 0.717) is 0 Å². The first-order valence-corrected chi connectivity index (χ1v) is 4.35. The fourth-order valence-electron chi connectivity index (χ4n) is 0.958. The van der Waals surface area contributed by atoms with Crippen LogP contribution >= 0.6 is 0 Å². The highest BCUT2D eigenvalue weighted by Crippen LogP contribution is 1.97. The highest BCUT2D eigenvalue weighted by molar-refractivity contribution is 5.87. The highest BCUT2D eigenvalue weighted by atomic mass is 16.1. The Kier molecular flexibility index (Phi) is 5.60. The fourth-order valence-corrected chi connectivity index (χ4v) is 0.958. The second-order valence-corrected chi connectivity index (χ2v) is 2.81. The molecule has 0 aliphatic heterocycles. The van der Waals surface area contributed by atoms with Crippen LogP contribution in [0.15, 0.2) is 35.7 Å². The van der Waals surface area contributed by atoms with Crippen molar-refractivity contribution in [2.45, 2.75) is 27.7 Å².